The molecule has 2 aromatic rings. The first-order valence-electron chi connectivity index (χ1n) is 6.59. The summed E-state index contributed by atoms with van der Waals surface area (Å²) in [5, 5.41) is 12.1. The molecule has 0 bridgehead atoms. The highest BCUT2D eigenvalue weighted by Crippen LogP contribution is 2.20. The molecule has 2 rings (SSSR count). The highest BCUT2D eigenvalue weighted by Gasteiger charge is 2.23. The number of aryl methyl sites for hydroxylation is 2. The number of benzene rings is 1. The van der Waals surface area contributed by atoms with Crippen LogP contribution in [0.2, 0.25) is 0 Å². The molecule has 0 aliphatic rings. The fourth-order valence-electron chi connectivity index (χ4n) is 2.26. The van der Waals surface area contributed by atoms with Gasteiger partial charge in [-0.15, -0.1) is 0 Å². The van der Waals surface area contributed by atoms with Crippen LogP contribution in [0, 0.1) is 13.8 Å². The standard InChI is InChI=1S/C16H17NO4/c1-9-6-7-10(2)14(16(19)20)13(9)15(18)17-11(3)12-5-4-8-21-12/h4-8,11H,1-3H3,(H,17,18)(H,19,20)/t11-/m0/s1. The second-order valence-corrected chi connectivity index (χ2v) is 4.97. The van der Waals surface area contributed by atoms with Crippen LogP contribution in [0.3, 0.4) is 0 Å². The largest absolute Gasteiger partial charge is 0.478 e. The Bertz CT molecular complexity index is 674. The van der Waals surface area contributed by atoms with E-state index in [1.54, 1.807) is 45.0 Å². The SMILES string of the molecule is Cc1ccc(C)c(C(=O)N[C@@H](C)c2ccco2)c1C(=O)O. The van der Waals surface area contributed by atoms with E-state index in [0.29, 0.717) is 16.9 Å². The predicted octanol–water partition coefficient (Wildman–Crippen LogP) is 3.09. The van der Waals surface area contributed by atoms with Gasteiger partial charge in [-0.25, -0.2) is 4.79 Å². The molecule has 0 aliphatic heterocycles. The van der Waals surface area contributed by atoms with Gasteiger partial charge in [0.1, 0.15) is 5.76 Å². The van der Waals surface area contributed by atoms with Gasteiger partial charge in [0.05, 0.1) is 23.4 Å². The zero-order chi connectivity index (χ0) is 15.6. The first-order chi connectivity index (χ1) is 9.91. The second-order valence-electron chi connectivity index (χ2n) is 4.97. The molecular formula is C16H17NO4. The highest BCUT2D eigenvalue weighted by molar-refractivity contribution is 6.06. The van der Waals surface area contributed by atoms with Gasteiger partial charge in [-0.1, -0.05) is 12.1 Å². The summed E-state index contributed by atoms with van der Waals surface area (Å²) in [6.07, 6.45) is 1.53. The van der Waals surface area contributed by atoms with Crippen molar-refractivity contribution in [3.8, 4) is 0 Å². The normalized spacial score (nSPS) is 12.0. The first kappa shape index (κ1) is 14.8. The fourth-order valence-corrected chi connectivity index (χ4v) is 2.26. The Morgan fingerprint density at radius 3 is 2.29 bits per heavy atom. The molecule has 0 unspecified atom stereocenters. The Morgan fingerprint density at radius 2 is 1.76 bits per heavy atom. The molecule has 0 radical (unpaired) electrons. The number of nitrogens with one attached hydrogen (secondary N) is 1. The summed E-state index contributed by atoms with van der Waals surface area (Å²) >= 11 is 0. The van der Waals surface area contributed by atoms with E-state index < -0.39 is 11.9 Å². The summed E-state index contributed by atoms with van der Waals surface area (Å²) in [7, 11) is 0. The summed E-state index contributed by atoms with van der Waals surface area (Å²) in [5.74, 6) is -0.907. The number of hydrogen-bond acceptors (Lipinski definition) is 3. The summed E-state index contributed by atoms with van der Waals surface area (Å²) in [5.41, 5.74) is 1.42. The van der Waals surface area contributed by atoms with Crippen LogP contribution < -0.4 is 5.32 Å². The van der Waals surface area contributed by atoms with Crippen molar-refractivity contribution < 1.29 is 19.1 Å². The van der Waals surface area contributed by atoms with Crippen molar-refractivity contribution in [3.05, 3.63) is 58.5 Å². The van der Waals surface area contributed by atoms with Gasteiger partial charge in [0.25, 0.3) is 5.91 Å². The van der Waals surface area contributed by atoms with Gasteiger partial charge < -0.3 is 14.8 Å². The lowest BCUT2D eigenvalue weighted by molar-refractivity contribution is 0.0689. The van der Waals surface area contributed by atoms with E-state index in [9.17, 15) is 14.7 Å². The quantitative estimate of drug-likeness (QED) is 0.905. The maximum Gasteiger partial charge on any atom is 0.336 e. The zero-order valence-electron chi connectivity index (χ0n) is 12.1. The smallest absolute Gasteiger partial charge is 0.336 e. The molecule has 1 amide bonds. The second kappa shape index (κ2) is 5.83. The van der Waals surface area contributed by atoms with E-state index in [4.69, 9.17) is 4.42 Å². The molecule has 0 aliphatic carbocycles. The average Bonchev–Trinajstić information content (AvgIpc) is 2.94. The Balaban J connectivity index is 2.35. The van der Waals surface area contributed by atoms with E-state index in [-0.39, 0.29) is 17.2 Å². The first-order valence-corrected chi connectivity index (χ1v) is 6.59. The monoisotopic (exact) mass is 287 g/mol. The van der Waals surface area contributed by atoms with Gasteiger partial charge in [0.15, 0.2) is 0 Å². The number of hydrogen-bond donors (Lipinski definition) is 2. The molecule has 1 aromatic carbocycles. The van der Waals surface area contributed by atoms with Crippen molar-refractivity contribution in [2.45, 2.75) is 26.8 Å². The summed E-state index contributed by atoms with van der Waals surface area (Å²) in [6.45, 7) is 5.18. The molecule has 5 nitrogen and oxygen atoms in total. The van der Waals surface area contributed by atoms with Crippen molar-refractivity contribution in [2.75, 3.05) is 0 Å². The van der Waals surface area contributed by atoms with Crippen molar-refractivity contribution >= 4 is 11.9 Å². The van der Waals surface area contributed by atoms with Gasteiger partial charge in [-0.05, 0) is 44.0 Å². The maximum atomic E-state index is 12.4. The van der Waals surface area contributed by atoms with Gasteiger partial charge in [-0.3, -0.25) is 4.79 Å². The molecule has 1 heterocycles. The van der Waals surface area contributed by atoms with Crippen molar-refractivity contribution in [3.63, 3.8) is 0 Å². The van der Waals surface area contributed by atoms with Crippen LogP contribution in [-0.2, 0) is 0 Å². The molecule has 1 atom stereocenters. The van der Waals surface area contributed by atoms with Crippen molar-refractivity contribution in [1.82, 2.24) is 5.32 Å². The summed E-state index contributed by atoms with van der Waals surface area (Å²) in [4.78, 5) is 23.8. The van der Waals surface area contributed by atoms with Crippen LogP contribution in [0.5, 0.6) is 0 Å². The lowest BCUT2D eigenvalue weighted by atomic mass is 9.96. The van der Waals surface area contributed by atoms with Crippen LogP contribution >= 0.6 is 0 Å². The highest BCUT2D eigenvalue weighted by atomic mass is 16.4. The molecule has 1 aromatic heterocycles. The van der Waals surface area contributed by atoms with Crippen molar-refractivity contribution in [1.29, 1.82) is 0 Å². The Kier molecular flexibility index (Phi) is 4.12. The molecule has 0 spiro atoms. The third kappa shape index (κ3) is 2.97. The molecule has 21 heavy (non-hydrogen) atoms. The van der Waals surface area contributed by atoms with E-state index in [0.717, 1.165) is 0 Å². The van der Waals surface area contributed by atoms with Crippen molar-refractivity contribution in [2.24, 2.45) is 0 Å². The minimum atomic E-state index is -1.10. The van der Waals surface area contributed by atoms with Gasteiger partial charge in [0, 0.05) is 0 Å². The molecule has 0 fully saturated rings. The number of furan rings is 1. The van der Waals surface area contributed by atoms with Gasteiger partial charge >= 0.3 is 5.97 Å². The number of carbonyl (C=O) groups is 2. The van der Waals surface area contributed by atoms with E-state index in [2.05, 4.69) is 5.32 Å². The molecule has 0 saturated heterocycles. The third-order valence-electron chi connectivity index (χ3n) is 3.38. The zero-order valence-corrected chi connectivity index (χ0v) is 12.1. The summed E-state index contributed by atoms with van der Waals surface area (Å²) in [6, 6.07) is 6.60. The van der Waals surface area contributed by atoms with Crippen LogP contribution in [0.15, 0.2) is 34.9 Å². The molecule has 5 heteroatoms. The minimum Gasteiger partial charge on any atom is -0.478 e. The lowest BCUT2D eigenvalue weighted by Gasteiger charge is -2.15. The lowest BCUT2D eigenvalue weighted by Crippen LogP contribution is -2.29. The summed E-state index contributed by atoms with van der Waals surface area (Å²) < 4.78 is 5.23. The van der Waals surface area contributed by atoms with Crippen LogP contribution in [-0.4, -0.2) is 17.0 Å². The van der Waals surface area contributed by atoms with Crippen LogP contribution in [0.4, 0.5) is 0 Å². The number of rotatable bonds is 4. The van der Waals surface area contributed by atoms with E-state index in [1.807, 2.05) is 0 Å². The Hall–Kier alpha value is -2.56. The molecule has 2 N–H and O–H groups in total. The van der Waals surface area contributed by atoms with Gasteiger partial charge in [-0.2, -0.15) is 0 Å². The van der Waals surface area contributed by atoms with E-state index >= 15 is 0 Å². The topological polar surface area (TPSA) is 79.5 Å². The van der Waals surface area contributed by atoms with Gasteiger partial charge in [0.2, 0.25) is 0 Å². The van der Waals surface area contributed by atoms with E-state index in [1.165, 1.54) is 6.26 Å². The van der Waals surface area contributed by atoms with Crippen LogP contribution in [0.25, 0.3) is 0 Å². The molecule has 0 saturated carbocycles. The number of carbonyl (C=O) groups excluding carboxylic acids is 1. The number of aromatic carboxylic acids is 1. The number of carboxylic acids is 1. The Labute approximate surface area is 122 Å². The molecule has 110 valence electrons. The average molecular weight is 287 g/mol. The molecular weight excluding hydrogens is 270 g/mol. The number of amides is 1. The Morgan fingerprint density at radius 1 is 1.14 bits per heavy atom. The number of carboxylic acid groups (broad SMARTS) is 1. The maximum absolute atomic E-state index is 12.4. The van der Waals surface area contributed by atoms with Crippen LogP contribution in [0.1, 0.15) is 50.6 Å². The third-order valence-corrected chi connectivity index (χ3v) is 3.38. The fraction of sp³-hybridized carbons (Fsp3) is 0.250. The minimum absolute atomic E-state index is 0.0409. The predicted molar refractivity (Wildman–Crippen MR) is 77.5 cm³/mol.